The molecule has 0 N–H and O–H groups in total. The van der Waals surface area contributed by atoms with Crippen molar-refractivity contribution in [3.63, 3.8) is 0 Å². The number of thioether (sulfide) groups is 1. The Hall–Kier alpha value is -0.840. The van der Waals surface area contributed by atoms with Crippen LogP contribution in [-0.4, -0.2) is 31.8 Å². The summed E-state index contributed by atoms with van der Waals surface area (Å²) in [5.41, 5.74) is 0.667. The second kappa shape index (κ2) is 6.92. The molecule has 4 nitrogen and oxygen atoms in total. The molecule has 1 saturated carbocycles. The Labute approximate surface area is 113 Å². The van der Waals surface area contributed by atoms with Crippen LogP contribution in [0.5, 0.6) is 0 Å². The maximum Gasteiger partial charge on any atom is 0.192 e. The molecule has 0 unspecified atom stereocenters. The van der Waals surface area contributed by atoms with Crippen LogP contribution in [0, 0.1) is 0 Å². The van der Waals surface area contributed by atoms with Gasteiger partial charge in [-0.15, -0.1) is 5.10 Å². The molecule has 100 valence electrons. The maximum absolute atomic E-state index is 12.1. The summed E-state index contributed by atoms with van der Waals surface area (Å²) in [6, 6.07) is 0. The zero-order valence-electron chi connectivity index (χ0n) is 11.0. The number of aryl methyl sites for hydroxylation is 1. The second-order valence-corrected chi connectivity index (χ2v) is 6.13. The monoisotopic (exact) mass is 267 g/mol. The lowest BCUT2D eigenvalue weighted by Gasteiger charge is -2.20. The van der Waals surface area contributed by atoms with Gasteiger partial charge in [-0.05, 0) is 19.3 Å². The van der Waals surface area contributed by atoms with E-state index in [1.54, 1.807) is 10.9 Å². The lowest BCUT2D eigenvalue weighted by atomic mass is 10.0. The van der Waals surface area contributed by atoms with Gasteiger partial charge in [-0.3, -0.25) is 4.79 Å². The minimum Gasteiger partial charge on any atom is -0.291 e. The summed E-state index contributed by atoms with van der Waals surface area (Å²) < 4.78 is 1.73. The van der Waals surface area contributed by atoms with Gasteiger partial charge in [0.15, 0.2) is 5.78 Å². The number of ketones is 1. The summed E-state index contributed by atoms with van der Waals surface area (Å²) in [6.45, 7) is 2.85. The predicted octanol–water partition coefficient (Wildman–Crippen LogP) is 2.94. The van der Waals surface area contributed by atoms with Crippen LogP contribution in [0.4, 0.5) is 0 Å². The fourth-order valence-electron chi connectivity index (χ4n) is 2.35. The molecule has 1 aliphatic carbocycles. The molecule has 1 heterocycles. The molecule has 1 aromatic rings. The average Bonchev–Trinajstić information content (AvgIpc) is 2.86. The molecule has 1 aliphatic rings. The predicted molar refractivity (Wildman–Crippen MR) is 74.0 cm³/mol. The Morgan fingerprint density at radius 2 is 2.22 bits per heavy atom. The maximum atomic E-state index is 12.1. The largest absolute Gasteiger partial charge is 0.291 e. The van der Waals surface area contributed by atoms with E-state index in [-0.39, 0.29) is 5.78 Å². The quantitative estimate of drug-likeness (QED) is 0.744. The van der Waals surface area contributed by atoms with Crippen LogP contribution in [0.15, 0.2) is 6.20 Å². The van der Waals surface area contributed by atoms with Crippen LogP contribution < -0.4 is 0 Å². The van der Waals surface area contributed by atoms with Gasteiger partial charge in [0, 0.05) is 11.8 Å². The smallest absolute Gasteiger partial charge is 0.192 e. The van der Waals surface area contributed by atoms with E-state index in [0.29, 0.717) is 16.7 Å². The Balaban J connectivity index is 1.84. The number of nitrogens with zero attached hydrogens (tertiary/aromatic N) is 3. The van der Waals surface area contributed by atoms with Gasteiger partial charge in [0.25, 0.3) is 0 Å². The lowest BCUT2D eigenvalue weighted by molar-refractivity contribution is 0.101. The van der Waals surface area contributed by atoms with Gasteiger partial charge in [-0.1, -0.05) is 31.4 Å². The van der Waals surface area contributed by atoms with Crippen LogP contribution in [0.3, 0.4) is 0 Å². The van der Waals surface area contributed by atoms with Crippen LogP contribution in [-0.2, 0) is 6.54 Å². The number of carbonyl (C=O) groups is 1. The van der Waals surface area contributed by atoms with Gasteiger partial charge in [0.2, 0.25) is 0 Å². The van der Waals surface area contributed by atoms with Crippen molar-refractivity contribution >= 4 is 17.5 Å². The van der Waals surface area contributed by atoms with Crippen LogP contribution in [0.25, 0.3) is 0 Å². The van der Waals surface area contributed by atoms with Gasteiger partial charge in [0.05, 0.1) is 11.9 Å². The highest BCUT2D eigenvalue weighted by atomic mass is 32.2. The molecule has 0 saturated heterocycles. The summed E-state index contributed by atoms with van der Waals surface area (Å²) in [6.07, 6.45) is 9.11. The molecule has 0 radical (unpaired) electrons. The number of carbonyl (C=O) groups excluding carboxylic acids is 1. The zero-order chi connectivity index (χ0) is 12.8. The molecule has 0 atom stereocenters. The molecule has 0 amide bonds. The molecule has 0 spiro atoms. The van der Waals surface area contributed by atoms with Gasteiger partial charge < -0.3 is 0 Å². The highest BCUT2D eigenvalue weighted by molar-refractivity contribution is 8.00. The van der Waals surface area contributed by atoms with E-state index >= 15 is 0 Å². The van der Waals surface area contributed by atoms with Crippen molar-refractivity contribution in [3.05, 3.63) is 11.9 Å². The van der Waals surface area contributed by atoms with Crippen LogP contribution in [0.2, 0.25) is 0 Å². The number of rotatable bonds is 6. The molecule has 18 heavy (non-hydrogen) atoms. The second-order valence-electron chi connectivity index (χ2n) is 4.84. The zero-order valence-corrected chi connectivity index (χ0v) is 11.8. The fraction of sp³-hybridized carbons (Fsp3) is 0.769. The highest BCUT2D eigenvalue weighted by Gasteiger charge is 2.18. The minimum absolute atomic E-state index is 0.170. The van der Waals surface area contributed by atoms with E-state index in [2.05, 4.69) is 17.2 Å². The molecule has 0 aliphatic heterocycles. The first-order chi connectivity index (χ1) is 8.81. The van der Waals surface area contributed by atoms with Crippen molar-refractivity contribution in [3.8, 4) is 0 Å². The summed E-state index contributed by atoms with van der Waals surface area (Å²) in [5, 5.41) is 8.48. The molecular formula is C13H21N3OS. The molecule has 2 rings (SSSR count). The SMILES string of the molecule is CCCn1nncc1C(=O)CSC1CCCCC1. The minimum atomic E-state index is 0.170. The number of hydrogen-bond acceptors (Lipinski definition) is 4. The van der Waals surface area contributed by atoms with Crippen molar-refractivity contribution in [2.45, 2.75) is 57.2 Å². The summed E-state index contributed by atoms with van der Waals surface area (Å²) >= 11 is 1.81. The Kier molecular flexibility index (Phi) is 5.23. The molecular weight excluding hydrogens is 246 g/mol. The Bertz CT molecular complexity index is 385. The normalized spacial score (nSPS) is 16.9. The van der Waals surface area contributed by atoms with E-state index < -0.39 is 0 Å². The van der Waals surface area contributed by atoms with Crippen molar-refractivity contribution < 1.29 is 4.79 Å². The van der Waals surface area contributed by atoms with Gasteiger partial charge in [0.1, 0.15) is 5.69 Å². The molecule has 1 fully saturated rings. The van der Waals surface area contributed by atoms with Gasteiger partial charge >= 0.3 is 0 Å². The molecule has 0 bridgehead atoms. The van der Waals surface area contributed by atoms with Gasteiger partial charge in [-0.25, -0.2) is 4.68 Å². The topological polar surface area (TPSA) is 47.8 Å². The van der Waals surface area contributed by atoms with Crippen molar-refractivity contribution in [2.75, 3.05) is 5.75 Å². The third kappa shape index (κ3) is 3.57. The van der Waals surface area contributed by atoms with E-state index in [0.717, 1.165) is 13.0 Å². The number of Topliss-reactive ketones (excluding diaryl/α,β-unsaturated/α-hetero) is 1. The Morgan fingerprint density at radius 3 is 2.94 bits per heavy atom. The summed E-state index contributed by atoms with van der Waals surface area (Å²) in [4.78, 5) is 12.1. The standard InChI is InChI=1S/C13H21N3OS/c1-2-8-16-12(9-14-15-16)13(17)10-18-11-6-4-3-5-7-11/h9,11H,2-8,10H2,1H3. The van der Waals surface area contributed by atoms with Crippen molar-refractivity contribution in [2.24, 2.45) is 0 Å². The first-order valence-electron chi connectivity index (χ1n) is 6.84. The Morgan fingerprint density at radius 1 is 1.44 bits per heavy atom. The fourth-order valence-corrected chi connectivity index (χ4v) is 3.55. The summed E-state index contributed by atoms with van der Waals surface area (Å²) in [5.74, 6) is 0.742. The number of aromatic nitrogens is 3. The van der Waals surface area contributed by atoms with E-state index in [1.807, 2.05) is 11.8 Å². The first-order valence-corrected chi connectivity index (χ1v) is 7.89. The first kappa shape index (κ1) is 13.6. The molecule has 5 heteroatoms. The highest BCUT2D eigenvalue weighted by Crippen LogP contribution is 2.28. The van der Waals surface area contributed by atoms with E-state index in [4.69, 9.17) is 0 Å². The van der Waals surface area contributed by atoms with Crippen molar-refractivity contribution in [1.82, 2.24) is 15.0 Å². The van der Waals surface area contributed by atoms with E-state index in [9.17, 15) is 4.79 Å². The van der Waals surface area contributed by atoms with Crippen LogP contribution in [0.1, 0.15) is 55.9 Å². The lowest BCUT2D eigenvalue weighted by Crippen LogP contribution is -2.15. The number of hydrogen-bond donors (Lipinski definition) is 0. The third-order valence-corrected chi connectivity index (χ3v) is 4.71. The van der Waals surface area contributed by atoms with Crippen LogP contribution >= 0.6 is 11.8 Å². The van der Waals surface area contributed by atoms with Crippen molar-refractivity contribution in [1.29, 1.82) is 0 Å². The van der Waals surface area contributed by atoms with Gasteiger partial charge in [-0.2, -0.15) is 11.8 Å². The molecule has 1 aromatic heterocycles. The third-order valence-electron chi connectivity index (χ3n) is 3.34. The van der Waals surface area contributed by atoms with E-state index in [1.165, 1.54) is 32.1 Å². The average molecular weight is 267 g/mol. The summed E-state index contributed by atoms with van der Waals surface area (Å²) in [7, 11) is 0. The molecule has 0 aromatic carbocycles.